The van der Waals surface area contributed by atoms with Gasteiger partial charge in [-0.05, 0) is 87.4 Å². The van der Waals surface area contributed by atoms with E-state index in [0.29, 0.717) is 38.9 Å². The average molecular weight is 655 g/mol. The molecule has 2 aliphatic rings. The standard InChI is InChI=1S/C35H30N2O7S2/c1-20-5-13-30(22(3)15-20)36-24-7-10-27-32(17-24)44-33-18-25(37-31-14-6-21(2)16-23(31)4)8-11-28(33)35(27)29-12-9-26(45(38,39)40)19-34(29)46(41,42)43/h5-19,36H,1-4H3,(H,38,39,40)(H,41,42,43)/b37-25+. The number of hydrogen-bond acceptors (Lipinski definition) is 7. The molecule has 0 spiro atoms. The molecule has 0 atom stereocenters. The Labute approximate surface area is 266 Å². The van der Waals surface area contributed by atoms with Crippen LogP contribution in [0.1, 0.15) is 22.3 Å². The van der Waals surface area contributed by atoms with Crippen LogP contribution < -0.4 is 10.7 Å². The van der Waals surface area contributed by atoms with Gasteiger partial charge >= 0.3 is 0 Å². The molecule has 46 heavy (non-hydrogen) atoms. The Bertz CT molecular complexity index is 2450. The van der Waals surface area contributed by atoms with Gasteiger partial charge in [-0.25, -0.2) is 4.99 Å². The largest absolute Gasteiger partial charge is 0.456 e. The van der Waals surface area contributed by atoms with Crippen molar-refractivity contribution in [2.45, 2.75) is 37.5 Å². The van der Waals surface area contributed by atoms with E-state index in [9.17, 15) is 25.9 Å². The Kier molecular flexibility index (Phi) is 7.81. The minimum absolute atomic E-state index is 0.0230. The number of rotatable bonds is 6. The van der Waals surface area contributed by atoms with Crippen LogP contribution in [0.2, 0.25) is 0 Å². The molecule has 1 heterocycles. The first-order valence-corrected chi connectivity index (χ1v) is 17.1. The first-order valence-electron chi connectivity index (χ1n) is 14.2. The monoisotopic (exact) mass is 654 g/mol. The zero-order valence-corrected chi connectivity index (χ0v) is 27.0. The fraction of sp³-hybridized carbons (Fsp3) is 0.114. The molecule has 11 heteroatoms. The summed E-state index contributed by atoms with van der Waals surface area (Å²) in [5.41, 5.74) is 7.95. The first kappa shape index (κ1) is 31.2. The number of fused-ring (bicyclic) bond motifs is 2. The Balaban J connectivity index is 1.64. The molecule has 0 bridgehead atoms. The Morgan fingerprint density at radius 1 is 0.674 bits per heavy atom. The number of benzene rings is 5. The summed E-state index contributed by atoms with van der Waals surface area (Å²) in [4.78, 5) is 3.44. The van der Waals surface area contributed by atoms with Crippen molar-refractivity contribution in [3.8, 4) is 22.5 Å². The van der Waals surface area contributed by atoms with Gasteiger partial charge in [-0.1, -0.05) is 41.5 Å². The molecule has 3 N–H and O–H groups in total. The highest BCUT2D eigenvalue weighted by molar-refractivity contribution is 7.86. The highest BCUT2D eigenvalue weighted by atomic mass is 32.2. The number of anilines is 2. The summed E-state index contributed by atoms with van der Waals surface area (Å²) in [7, 11) is -9.72. The minimum atomic E-state index is -4.95. The van der Waals surface area contributed by atoms with E-state index in [1.165, 1.54) is 6.07 Å². The van der Waals surface area contributed by atoms with Gasteiger partial charge < -0.3 is 9.73 Å². The van der Waals surface area contributed by atoms with Crippen molar-refractivity contribution in [2.24, 2.45) is 4.99 Å². The molecule has 1 aliphatic heterocycles. The van der Waals surface area contributed by atoms with Gasteiger partial charge in [-0.2, -0.15) is 16.8 Å². The fourth-order valence-corrected chi connectivity index (χ4v) is 6.88. The summed E-state index contributed by atoms with van der Waals surface area (Å²) in [6.45, 7) is 7.99. The van der Waals surface area contributed by atoms with Crippen molar-refractivity contribution in [2.75, 3.05) is 5.32 Å². The quantitative estimate of drug-likeness (QED) is 0.121. The molecule has 0 aromatic heterocycles. The molecule has 4 aromatic rings. The molecular weight excluding hydrogens is 625 g/mol. The van der Waals surface area contributed by atoms with Crippen LogP contribution >= 0.6 is 0 Å². The normalized spacial score (nSPS) is 12.6. The summed E-state index contributed by atoms with van der Waals surface area (Å²) in [5, 5.41) is 4.50. The highest BCUT2D eigenvalue weighted by Gasteiger charge is 2.26. The van der Waals surface area contributed by atoms with Gasteiger partial charge in [0, 0.05) is 45.6 Å². The van der Waals surface area contributed by atoms with Crippen LogP contribution in [0.15, 0.2) is 110 Å². The second kappa shape index (κ2) is 11.5. The van der Waals surface area contributed by atoms with E-state index >= 15 is 0 Å². The highest BCUT2D eigenvalue weighted by Crippen LogP contribution is 2.43. The number of hydrogen-bond donors (Lipinski definition) is 3. The second-order valence-electron chi connectivity index (χ2n) is 11.3. The van der Waals surface area contributed by atoms with E-state index in [0.717, 1.165) is 45.8 Å². The Morgan fingerprint density at radius 3 is 2.04 bits per heavy atom. The van der Waals surface area contributed by atoms with E-state index in [-0.39, 0.29) is 5.56 Å². The van der Waals surface area contributed by atoms with E-state index in [1.54, 1.807) is 30.3 Å². The summed E-state index contributed by atoms with van der Waals surface area (Å²) in [6.07, 6.45) is 0. The molecule has 6 rings (SSSR count). The molecule has 0 unspecified atom stereocenters. The molecule has 1 aliphatic carbocycles. The Morgan fingerprint density at radius 2 is 1.37 bits per heavy atom. The van der Waals surface area contributed by atoms with Gasteiger partial charge in [0.1, 0.15) is 16.2 Å². The lowest BCUT2D eigenvalue weighted by Gasteiger charge is -2.18. The van der Waals surface area contributed by atoms with Gasteiger partial charge in [0.25, 0.3) is 20.2 Å². The first-order chi connectivity index (χ1) is 21.7. The molecular formula is C35H30N2O7S2. The third kappa shape index (κ3) is 6.18. The predicted octanol–water partition coefficient (Wildman–Crippen LogP) is 7.91. The van der Waals surface area contributed by atoms with Crippen molar-refractivity contribution >= 4 is 48.3 Å². The van der Waals surface area contributed by atoms with Crippen molar-refractivity contribution in [3.05, 3.63) is 119 Å². The van der Waals surface area contributed by atoms with Crippen LogP contribution in [0.5, 0.6) is 0 Å². The SMILES string of the molecule is Cc1ccc(/N=c2\ccc3c(-c4ccc(S(=O)(=O)O)cc4S(=O)(=O)O)c4ccc(Nc5ccc(C)cc5C)cc4oc-3c2)c(C)c1. The van der Waals surface area contributed by atoms with Crippen LogP contribution in [-0.2, 0) is 20.2 Å². The van der Waals surface area contributed by atoms with Gasteiger partial charge in [-0.15, -0.1) is 0 Å². The van der Waals surface area contributed by atoms with Gasteiger partial charge in [0.05, 0.1) is 15.9 Å². The van der Waals surface area contributed by atoms with E-state index in [4.69, 9.17) is 9.41 Å². The summed E-state index contributed by atoms with van der Waals surface area (Å²) >= 11 is 0. The van der Waals surface area contributed by atoms with Crippen molar-refractivity contribution in [1.82, 2.24) is 0 Å². The molecule has 0 saturated heterocycles. The molecule has 234 valence electrons. The zero-order valence-electron chi connectivity index (χ0n) is 25.4. The van der Waals surface area contributed by atoms with Crippen LogP contribution in [0.4, 0.5) is 17.1 Å². The van der Waals surface area contributed by atoms with Gasteiger partial charge in [0.15, 0.2) is 0 Å². The maximum atomic E-state index is 12.6. The lowest BCUT2D eigenvalue weighted by Crippen LogP contribution is -2.07. The number of nitrogens with zero attached hydrogens (tertiary/aromatic N) is 1. The predicted molar refractivity (Wildman–Crippen MR) is 178 cm³/mol. The summed E-state index contributed by atoms with van der Waals surface area (Å²) in [5.74, 6) is 0.373. The molecule has 0 amide bonds. The van der Waals surface area contributed by atoms with Crippen molar-refractivity contribution in [3.63, 3.8) is 0 Å². The Hall–Kier alpha value is -4.81. The summed E-state index contributed by atoms with van der Waals surface area (Å²) in [6, 6.07) is 25.6. The van der Waals surface area contributed by atoms with Crippen LogP contribution in [0.25, 0.3) is 33.4 Å². The second-order valence-corrected chi connectivity index (χ2v) is 14.1. The fourth-order valence-electron chi connectivity index (χ4n) is 5.58. The topological polar surface area (TPSA) is 146 Å². The van der Waals surface area contributed by atoms with Crippen LogP contribution in [0, 0.1) is 27.7 Å². The maximum absolute atomic E-state index is 12.6. The van der Waals surface area contributed by atoms with E-state index in [1.807, 2.05) is 64.1 Å². The molecule has 9 nitrogen and oxygen atoms in total. The van der Waals surface area contributed by atoms with E-state index in [2.05, 4.69) is 11.4 Å². The molecule has 0 fully saturated rings. The lowest BCUT2D eigenvalue weighted by molar-refractivity contribution is 0.481. The molecule has 0 radical (unpaired) electrons. The van der Waals surface area contributed by atoms with Crippen LogP contribution in [0.3, 0.4) is 0 Å². The number of nitrogens with one attached hydrogen (secondary N) is 1. The average Bonchev–Trinajstić information content (AvgIpc) is 2.97. The third-order valence-corrected chi connectivity index (χ3v) is 9.51. The zero-order chi connectivity index (χ0) is 33.0. The van der Waals surface area contributed by atoms with E-state index < -0.39 is 30.0 Å². The lowest BCUT2D eigenvalue weighted by atomic mass is 9.93. The minimum Gasteiger partial charge on any atom is -0.456 e. The number of aryl methyl sites for hydroxylation is 4. The van der Waals surface area contributed by atoms with Gasteiger partial charge in [0.2, 0.25) is 0 Å². The maximum Gasteiger partial charge on any atom is 0.295 e. The van der Waals surface area contributed by atoms with Gasteiger partial charge in [-0.3, -0.25) is 9.11 Å². The smallest absolute Gasteiger partial charge is 0.295 e. The summed E-state index contributed by atoms with van der Waals surface area (Å²) < 4.78 is 75.3. The van der Waals surface area contributed by atoms with Crippen molar-refractivity contribution < 1.29 is 30.4 Å². The molecule has 4 aromatic carbocycles. The van der Waals surface area contributed by atoms with Crippen LogP contribution in [-0.4, -0.2) is 25.9 Å². The van der Waals surface area contributed by atoms with Crippen molar-refractivity contribution in [1.29, 1.82) is 0 Å². The molecule has 0 saturated carbocycles. The third-order valence-electron chi connectivity index (χ3n) is 7.77.